The molecule has 3 heterocycles. The topological polar surface area (TPSA) is 50.1 Å². The van der Waals surface area contributed by atoms with Crippen molar-refractivity contribution in [2.24, 2.45) is 5.92 Å². The zero-order chi connectivity index (χ0) is 11.7. The third kappa shape index (κ3) is 2.11. The van der Waals surface area contributed by atoms with Gasteiger partial charge in [0.25, 0.3) is 0 Å². The first-order valence-electron chi connectivity index (χ1n) is 6.75. The number of aliphatic hydroxyl groups excluding tert-OH is 1. The summed E-state index contributed by atoms with van der Waals surface area (Å²) in [6, 6.07) is 0.269. The van der Waals surface area contributed by atoms with Gasteiger partial charge < -0.3 is 15.0 Å². The highest BCUT2D eigenvalue weighted by Crippen LogP contribution is 2.27. The predicted octanol–water partition coefficient (Wildman–Crippen LogP) is 0.905. The average molecular weight is 235 g/mol. The minimum absolute atomic E-state index is 0.249. The van der Waals surface area contributed by atoms with Gasteiger partial charge in [0.05, 0.1) is 12.6 Å². The molecule has 1 aromatic heterocycles. The van der Waals surface area contributed by atoms with E-state index in [0.29, 0.717) is 0 Å². The number of fused-ring (bicyclic) bond motifs is 1. The van der Waals surface area contributed by atoms with E-state index in [4.69, 9.17) is 0 Å². The highest BCUT2D eigenvalue weighted by Gasteiger charge is 2.25. The van der Waals surface area contributed by atoms with E-state index in [1.54, 1.807) is 0 Å². The number of rotatable bonds is 3. The maximum absolute atomic E-state index is 9.48. The fraction of sp³-hybridized carbons (Fsp3) is 0.769. The van der Waals surface area contributed by atoms with E-state index >= 15 is 0 Å². The lowest BCUT2D eigenvalue weighted by atomic mass is 10.0. The Kier molecular flexibility index (Phi) is 3.16. The molecule has 2 N–H and O–H groups in total. The van der Waals surface area contributed by atoms with Crippen LogP contribution in [0.4, 0.5) is 0 Å². The van der Waals surface area contributed by atoms with E-state index in [2.05, 4.69) is 14.9 Å². The number of nitrogens with one attached hydrogen (secondary N) is 1. The summed E-state index contributed by atoms with van der Waals surface area (Å²) in [4.78, 5) is 4.58. The van der Waals surface area contributed by atoms with Crippen molar-refractivity contribution in [3.8, 4) is 0 Å². The molecule has 1 aromatic rings. The van der Waals surface area contributed by atoms with Crippen LogP contribution in [0.3, 0.4) is 0 Å². The second-order valence-corrected chi connectivity index (χ2v) is 5.33. The number of aliphatic hydroxyl groups is 1. The van der Waals surface area contributed by atoms with Gasteiger partial charge in [-0.15, -0.1) is 0 Å². The monoisotopic (exact) mass is 235 g/mol. The molecular weight excluding hydrogens is 214 g/mol. The van der Waals surface area contributed by atoms with Crippen LogP contribution in [-0.4, -0.2) is 34.4 Å². The van der Waals surface area contributed by atoms with Crippen molar-refractivity contribution < 1.29 is 5.11 Å². The molecule has 0 aliphatic carbocycles. The fourth-order valence-corrected chi connectivity index (χ4v) is 3.19. The van der Waals surface area contributed by atoms with Gasteiger partial charge in [0.1, 0.15) is 5.82 Å². The minimum atomic E-state index is 0.249. The van der Waals surface area contributed by atoms with Gasteiger partial charge in [0.15, 0.2) is 0 Å². The lowest BCUT2D eigenvalue weighted by molar-refractivity contribution is 0.203. The van der Waals surface area contributed by atoms with Crippen molar-refractivity contribution in [1.82, 2.24) is 14.9 Å². The third-order valence-electron chi connectivity index (χ3n) is 4.13. The minimum Gasteiger partial charge on any atom is -0.394 e. The summed E-state index contributed by atoms with van der Waals surface area (Å²) < 4.78 is 2.31. The molecule has 4 heteroatoms. The Morgan fingerprint density at radius 3 is 3.18 bits per heavy atom. The van der Waals surface area contributed by atoms with Gasteiger partial charge in [-0.05, 0) is 44.7 Å². The molecular formula is C13H21N3O. The number of aromatic nitrogens is 2. The fourth-order valence-electron chi connectivity index (χ4n) is 3.19. The quantitative estimate of drug-likeness (QED) is 0.818. The summed E-state index contributed by atoms with van der Waals surface area (Å²) >= 11 is 0. The van der Waals surface area contributed by atoms with E-state index < -0.39 is 0 Å². The van der Waals surface area contributed by atoms with Crippen LogP contribution in [0.2, 0.25) is 0 Å². The highest BCUT2D eigenvalue weighted by atomic mass is 16.3. The van der Waals surface area contributed by atoms with Gasteiger partial charge in [-0.3, -0.25) is 0 Å². The molecule has 0 amide bonds. The van der Waals surface area contributed by atoms with Crippen LogP contribution in [0.15, 0.2) is 6.20 Å². The molecule has 0 aromatic carbocycles. The third-order valence-corrected chi connectivity index (χ3v) is 4.13. The number of nitrogens with zero attached hydrogens (tertiary/aromatic N) is 2. The lowest BCUT2D eigenvalue weighted by Gasteiger charge is -2.26. The molecule has 3 rings (SSSR count). The number of imidazole rings is 1. The second kappa shape index (κ2) is 4.78. The summed E-state index contributed by atoms with van der Waals surface area (Å²) in [5, 5.41) is 12.9. The van der Waals surface area contributed by atoms with E-state index in [1.165, 1.54) is 24.4 Å². The summed E-state index contributed by atoms with van der Waals surface area (Å²) in [5.41, 5.74) is 1.32. The normalized spacial score (nSPS) is 28.3. The lowest BCUT2D eigenvalue weighted by Crippen LogP contribution is -2.24. The van der Waals surface area contributed by atoms with E-state index in [9.17, 15) is 5.11 Å². The molecule has 1 fully saturated rings. The van der Waals surface area contributed by atoms with Crippen molar-refractivity contribution in [2.75, 3.05) is 19.7 Å². The Labute approximate surface area is 102 Å². The van der Waals surface area contributed by atoms with Crippen LogP contribution < -0.4 is 5.32 Å². The number of hydrogen-bond donors (Lipinski definition) is 2. The predicted molar refractivity (Wildman–Crippen MR) is 66.0 cm³/mol. The van der Waals surface area contributed by atoms with E-state index in [0.717, 1.165) is 38.3 Å². The maximum Gasteiger partial charge on any atom is 0.109 e. The number of hydrogen-bond acceptors (Lipinski definition) is 3. The molecule has 2 aliphatic rings. The van der Waals surface area contributed by atoms with Crippen LogP contribution in [0.5, 0.6) is 0 Å². The van der Waals surface area contributed by atoms with Crippen molar-refractivity contribution in [3.63, 3.8) is 0 Å². The van der Waals surface area contributed by atoms with Gasteiger partial charge >= 0.3 is 0 Å². The first kappa shape index (κ1) is 11.2. The van der Waals surface area contributed by atoms with Gasteiger partial charge in [-0.2, -0.15) is 0 Å². The average Bonchev–Trinajstić information content (AvgIpc) is 2.99. The highest BCUT2D eigenvalue weighted by molar-refractivity contribution is 5.11. The second-order valence-electron chi connectivity index (χ2n) is 5.33. The molecule has 0 saturated carbocycles. The molecule has 2 unspecified atom stereocenters. The first-order valence-corrected chi connectivity index (χ1v) is 6.75. The molecule has 2 atom stereocenters. The molecule has 0 radical (unpaired) electrons. The van der Waals surface area contributed by atoms with Crippen molar-refractivity contribution in [3.05, 3.63) is 17.7 Å². The van der Waals surface area contributed by atoms with Gasteiger partial charge in [0.2, 0.25) is 0 Å². The summed E-state index contributed by atoms with van der Waals surface area (Å²) in [6.45, 7) is 2.51. The van der Waals surface area contributed by atoms with Gasteiger partial charge in [-0.1, -0.05) is 0 Å². The Balaban J connectivity index is 1.82. The van der Waals surface area contributed by atoms with Crippen molar-refractivity contribution in [1.29, 1.82) is 0 Å². The zero-order valence-electron chi connectivity index (χ0n) is 10.2. The van der Waals surface area contributed by atoms with Crippen LogP contribution >= 0.6 is 0 Å². The van der Waals surface area contributed by atoms with Crippen LogP contribution in [0, 0.1) is 5.92 Å². The smallest absolute Gasteiger partial charge is 0.109 e. The summed E-state index contributed by atoms with van der Waals surface area (Å²) in [7, 11) is 0. The Morgan fingerprint density at radius 1 is 1.47 bits per heavy atom. The molecule has 0 bridgehead atoms. The van der Waals surface area contributed by atoms with Gasteiger partial charge in [0, 0.05) is 18.3 Å². The molecule has 2 aliphatic heterocycles. The number of aryl methyl sites for hydroxylation is 1. The molecule has 94 valence electrons. The van der Waals surface area contributed by atoms with E-state index in [1.807, 2.05) is 6.20 Å². The van der Waals surface area contributed by atoms with Gasteiger partial charge in [-0.25, -0.2) is 4.98 Å². The van der Waals surface area contributed by atoms with Crippen molar-refractivity contribution in [2.45, 2.75) is 38.1 Å². The Hall–Kier alpha value is -0.870. The summed E-state index contributed by atoms with van der Waals surface area (Å²) in [5.74, 6) is 1.91. The van der Waals surface area contributed by atoms with E-state index in [-0.39, 0.29) is 12.6 Å². The summed E-state index contributed by atoms with van der Waals surface area (Å²) in [6.07, 6.45) is 7.72. The maximum atomic E-state index is 9.48. The standard InChI is InChI=1S/C13H21N3O/c17-9-12-3-1-2-11-8-15-13(16(11)12)6-10-4-5-14-7-10/h8,10,12,14,17H,1-7,9H2. The van der Waals surface area contributed by atoms with Crippen LogP contribution in [-0.2, 0) is 12.8 Å². The Bertz CT molecular complexity index is 382. The molecule has 0 spiro atoms. The zero-order valence-corrected chi connectivity index (χ0v) is 10.2. The molecule has 17 heavy (non-hydrogen) atoms. The Morgan fingerprint density at radius 2 is 2.41 bits per heavy atom. The largest absolute Gasteiger partial charge is 0.394 e. The molecule has 4 nitrogen and oxygen atoms in total. The first-order chi connectivity index (χ1) is 8.38. The SMILES string of the molecule is OCC1CCCc2cnc(CC3CCNC3)n21. The molecule has 1 saturated heterocycles. The van der Waals surface area contributed by atoms with Crippen LogP contribution in [0.25, 0.3) is 0 Å². The van der Waals surface area contributed by atoms with Crippen LogP contribution in [0.1, 0.15) is 36.8 Å². The van der Waals surface area contributed by atoms with Crippen molar-refractivity contribution >= 4 is 0 Å².